The summed E-state index contributed by atoms with van der Waals surface area (Å²) in [5.74, 6) is -0.619. The summed E-state index contributed by atoms with van der Waals surface area (Å²) < 4.78 is 0. The topological polar surface area (TPSA) is 71.1 Å². The summed E-state index contributed by atoms with van der Waals surface area (Å²) in [6, 6.07) is 5.04. The third-order valence-corrected chi connectivity index (χ3v) is 1.98. The van der Waals surface area contributed by atoms with Crippen LogP contribution in [0.15, 0.2) is 24.4 Å². The fourth-order valence-corrected chi connectivity index (χ4v) is 1.09. The average molecular weight is 242 g/mol. The Balaban J connectivity index is 2.38. The molecular weight excluding hydrogens is 230 g/mol. The molecule has 1 rings (SSSR count). The summed E-state index contributed by atoms with van der Waals surface area (Å²) in [6.45, 7) is 0.387. The van der Waals surface area contributed by atoms with Crippen molar-refractivity contribution in [2.45, 2.75) is 6.42 Å². The predicted molar refractivity (Wildman–Crippen MR) is 61.2 cm³/mol. The molecule has 16 heavy (non-hydrogen) atoms. The summed E-state index contributed by atoms with van der Waals surface area (Å²) in [6.07, 6.45) is 2.16. The van der Waals surface area contributed by atoms with Gasteiger partial charge < -0.3 is 10.6 Å². The maximum Gasteiger partial charge on any atom is 0.314 e. The normalized spacial score (nSPS) is 9.56. The lowest BCUT2D eigenvalue weighted by Crippen LogP contribution is -2.36. The Morgan fingerprint density at radius 1 is 1.31 bits per heavy atom. The largest absolute Gasteiger partial charge is 0.348 e. The molecule has 6 heteroatoms. The number of aromatic nitrogens is 1. The number of carbonyl (C=O) groups excluding carboxylic acids is 2. The highest BCUT2D eigenvalue weighted by molar-refractivity contribution is 6.39. The summed E-state index contributed by atoms with van der Waals surface area (Å²) in [5.41, 5.74) is 0. The minimum Gasteiger partial charge on any atom is -0.348 e. The fraction of sp³-hybridized carbons (Fsp3) is 0.300. The number of amides is 2. The van der Waals surface area contributed by atoms with Gasteiger partial charge in [-0.15, -0.1) is 11.6 Å². The molecule has 0 radical (unpaired) electrons. The van der Waals surface area contributed by atoms with Crippen LogP contribution in [0.2, 0.25) is 0 Å². The molecule has 0 unspecified atom stereocenters. The van der Waals surface area contributed by atoms with Gasteiger partial charge in [0.25, 0.3) is 0 Å². The molecule has 0 aliphatic rings. The van der Waals surface area contributed by atoms with E-state index >= 15 is 0 Å². The van der Waals surface area contributed by atoms with Crippen LogP contribution in [0.25, 0.3) is 0 Å². The van der Waals surface area contributed by atoms with Gasteiger partial charge >= 0.3 is 11.8 Å². The SMILES string of the molecule is O=C(NCCCCl)C(=O)Nc1ccccn1. The third-order valence-electron chi connectivity index (χ3n) is 1.71. The lowest BCUT2D eigenvalue weighted by molar-refractivity contribution is -0.136. The lowest BCUT2D eigenvalue weighted by atomic mass is 10.4. The highest BCUT2D eigenvalue weighted by Gasteiger charge is 2.12. The van der Waals surface area contributed by atoms with Crippen molar-refractivity contribution in [1.82, 2.24) is 10.3 Å². The molecule has 0 aliphatic heterocycles. The zero-order valence-corrected chi connectivity index (χ0v) is 9.33. The number of nitrogens with zero attached hydrogens (tertiary/aromatic N) is 1. The molecule has 0 saturated carbocycles. The minimum atomic E-state index is -0.728. The van der Waals surface area contributed by atoms with E-state index in [1.807, 2.05) is 0 Å². The first-order valence-corrected chi connectivity index (χ1v) is 5.33. The monoisotopic (exact) mass is 241 g/mol. The van der Waals surface area contributed by atoms with Crippen LogP contribution in [0.3, 0.4) is 0 Å². The molecule has 0 atom stereocenters. The van der Waals surface area contributed by atoms with Crippen molar-refractivity contribution in [3.63, 3.8) is 0 Å². The van der Waals surface area contributed by atoms with Crippen molar-refractivity contribution in [3.8, 4) is 0 Å². The van der Waals surface area contributed by atoms with Gasteiger partial charge in [-0.2, -0.15) is 0 Å². The van der Waals surface area contributed by atoms with Gasteiger partial charge in [0.1, 0.15) is 5.82 Å². The predicted octanol–water partition coefficient (Wildman–Crippen LogP) is 0.765. The highest BCUT2D eigenvalue weighted by Crippen LogP contribution is 1.98. The first-order chi connectivity index (χ1) is 7.74. The number of anilines is 1. The Kier molecular flexibility index (Phi) is 5.28. The summed E-state index contributed by atoms with van der Waals surface area (Å²) in [4.78, 5) is 26.4. The standard InChI is InChI=1S/C10H12ClN3O2/c11-5-3-7-13-9(15)10(16)14-8-4-1-2-6-12-8/h1-2,4,6H,3,5,7H2,(H,13,15)(H,12,14,16). The van der Waals surface area contributed by atoms with Crippen LogP contribution in [-0.2, 0) is 9.59 Å². The van der Waals surface area contributed by atoms with E-state index in [2.05, 4.69) is 15.6 Å². The van der Waals surface area contributed by atoms with Crippen LogP contribution in [0, 0.1) is 0 Å². The second kappa shape index (κ2) is 6.79. The van der Waals surface area contributed by atoms with Crippen molar-refractivity contribution >= 4 is 29.2 Å². The molecule has 1 aromatic rings. The first kappa shape index (κ1) is 12.4. The van der Waals surface area contributed by atoms with E-state index in [1.54, 1.807) is 18.2 Å². The smallest absolute Gasteiger partial charge is 0.314 e. The lowest BCUT2D eigenvalue weighted by Gasteiger charge is -2.04. The Morgan fingerprint density at radius 3 is 2.75 bits per heavy atom. The van der Waals surface area contributed by atoms with Crippen molar-refractivity contribution in [2.24, 2.45) is 0 Å². The zero-order valence-electron chi connectivity index (χ0n) is 8.57. The molecule has 1 aromatic heterocycles. The number of pyridine rings is 1. The Morgan fingerprint density at radius 2 is 2.12 bits per heavy atom. The van der Waals surface area contributed by atoms with Gasteiger partial charge in [0.05, 0.1) is 0 Å². The number of alkyl halides is 1. The van der Waals surface area contributed by atoms with Crippen LogP contribution in [0.1, 0.15) is 6.42 Å². The Hall–Kier alpha value is -1.62. The molecule has 0 saturated heterocycles. The van der Waals surface area contributed by atoms with Gasteiger partial charge in [-0.25, -0.2) is 4.98 Å². The number of hydrogen-bond donors (Lipinski definition) is 2. The van der Waals surface area contributed by atoms with E-state index in [0.29, 0.717) is 24.7 Å². The summed E-state index contributed by atoms with van der Waals surface area (Å²) in [7, 11) is 0. The molecule has 0 aliphatic carbocycles. The van der Waals surface area contributed by atoms with E-state index in [-0.39, 0.29) is 0 Å². The van der Waals surface area contributed by atoms with Crippen LogP contribution in [0.5, 0.6) is 0 Å². The highest BCUT2D eigenvalue weighted by atomic mass is 35.5. The maximum atomic E-state index is 11.3. The quantitative estimate of drug-likeness (QED) is 0.465. The number of halogens is 1. The molecule has 0 bridgehead atoms. The van der Waals surface area contributed by atoms with Gasteiger partial charge in [-0.1, -0.05) is 6.07 Å². The molecule has 0 aromatic carbocycles. The van der Waals surface area contributed by atoms with Gasteiger partial charge in [0, 0.05) is 18.6 Å². The number of rotatable bonds is 4. The van der Waals surface area contributed by atoms with Crippen molar-refractivity contribution in [1.29, 1.82) is 0 Å². The number of hydrogen-bond acceptors (Lipinski definition) is 3. The molecule has 2 N–H and O–H groups in total. The van der Waals surface area contributed by atoms with E-state index in [9.17, 15) is 9.59 Å². The van der Waals surface area contributed by atoms with E-state index in [4.69, 9.17) is 11.6 Å². The Bertz CT molecular complexity index is 356. The van der Waals surface area contributed by atoms with Crippen LogP contribution in [0.4, 0.5) is 5.82 Å². The molecular formula is C10H12ClN3O2. The van der Waals surface area contributed by atoms with Gasteiger partial charge in [-0.05, 0) is 18.6 Å². The van der Waals surface area contributed by atoms with E-state index in [1.165, 1.54) is 6.20 Å². The van der Waals surface area contributed by atoms with E-state index < -0.39 is 11.8 Å². The zero-order chi connectivity index (χ0) is 11.8. The van der Waals surface area contributed by atoms with Gasteiger partial charge in [-0.3, -0.25) is 9.59 Å². The van der Waals surface area contributed by atoms with Crippen LogP contribution in [-0.4, -0.2) is 29.2 Å². The van der Waals surface area contributed by atoms with Gasteiger partial charge in [0.2, 0.25) is 0 Å². The molecule has 5 nitrogen and oxygen atoms in total. The molecule has 86 valence electrons. The van der Waals surface area contributed by atoms with Crippen LogP contribution >= 0.6 is 11.6 Å². The molecule has 0 fully saturated rings. The van der Waals surface area contributed by atoms with Crippen molar-refractivity contribution in [2.75, 3.05) is 17.7 Å². The molecule has 1 heterocycles. The average Bonchev–Trinajstić information content (AvgIpc) is 2.30. The Labute approximate surface area is 98.2 Å². The van der Waals surface area contributed by atoms with Gasteiger partial charge in [0.15, 0.2) is 0 Å². The first-order valence-electron chi connectivity index (χ1n) is 4.80. The summed E-state index contributed by atoms with van der Waals surface area (Å²) >= 11 is 5.43. The summed E-state index contributed by atoms with van der Waals surface area (Å²) in [5, 5.41) is 4.81. The molecule has 2 amide bonds. The molecule has 0 spiro atoms. The minimum absolute atomic E-state index is 0.347. The second-order valence-corrected chi connectivity index (χ2v) is 3.35. The second-order valence-electron chi connectivity index (χ2n) is 2.97. The third kappa shape index (κ3) is 4.27. The van der Waals surface area contributed by atoms with Crippen molar-refractivity contribution in [3.05, 3.63) is 24.4 Å². The van der Waals surface area contributed by atoms with Crippen LogP contribution < -0.4 is 10.6 Å². The number of carbonyl (C=O) groups is 2. The fourth-order valence-electron chi connectivity index (χ4n) is 0.959. The van der Waals surface area contributed by atoms with Crippen molar-refractivity contribution < 1.29 is 9.59 Å². The number of nitrogens with one attached hydrogen (secondary N) is 2. The maximum absolute atomic E-state index is 11.3. The van der Waals surface area contributed by atoms with E-state index in [0.717, 1.165) is 0 Å².